The molecule has 0 saturated heterocycles. The number of fused-ring (bicyclic) bond motifs is 3. The highest BCUT2D eigenvalue weighted by Crippen LogP contribution is 2.34. The molecule has 0 aliphatic heterocycles. The van der Waals surface area contributed by atoms with Crippen molar-refractivity contribution in [3.05, 3.63) is 34.5 Å². The maximum Gasteiger partial charge on any atom is 0.0492 e. The number of rotatable bonds is 0. The van der Waals surface area contributed by atoms with Crippen LogP contribution >= 0.6 is 0 Å². The molecule has 1 heteroatoms. The number of aryl methyl sites for hydroxylation is 2. The molecule has 0 bridgehead atoms. The summed E-state index contributed by atoms with van der Waals surface area (Å²) in [6, 6.07) is 2.20. The second-order valence-electron chi connectivity index (χ2n) is 4.33. The number of H-pyrrole nitrogens is 1. The lowest BCUT2D eigenvalue weighted by Crippen LogP contribution is -1.93. The van der Waals surface area contributed by atoms with E-state index in [0.717, 1.165) is 0 Å². The van der Waals surface area contributed by atoms with E-state index in [2.05, 4.69) is 31.1 Å². The molecule has 2 aromatic rings. The van der Waals surface area contributed by atoms with E-state index in [1.54, 1.807) is 11.1 Å². The maximum atomic E-state index is 3.39. The van der Waals surface area contributed by atoms with Crippen LogP contribution in [0.15, 0.2) is 12.3 Å². The third-order valence-corrected chi connectivity index (χ3v) is 3.69. The van der Waals surface area contributed by atoms with Gasteiger partial charge in [0.05, 0.1) is 0 Å². The summed E-state index contributed by atoms with van der Waals surface area (Å²) >= 11 is 0. The van der Waals surface area contributed by atoms with Crippen LogP contribution in [0.2, 0.25) is 0 Å². The number of hydrogen-bond donors (Lipinski definition) is 1. The molecule has 0 saturated carbocycles. The molecule has 1 aromatic carbocycles. The van der Waals surface area contributed by atoms with Crippen molar-refractivity contribution in [3.8, 4) is 0 Å². The number of hydrogen-bond acceptors (Lipinski definition) is 0. The van der Waals surface area contributed by atoms with E-state index in [9.17, 15) is 0 Å². The number of nitrogens with one attached hydrogen (secondary N) is 1. The minimum Gasteiger partial charge on any atom is -0.361 e. The summed E-state index contributed by atoms with van der Waals surface area (Å²) in [5, 5.41) is 1.42. The third-order valence-electron chi connectivity index (χ3n) is 3.69. The van der Waals surface area contributed by atoms with Crippen LogP contribution in [0.25, 0.3) is 10.9 Å². The minimum atomic E-state index is 1.26. The fourth-order valence-electron chi connectivity index (χ4n) is 2.79. The van der Waals surface area contributed by atoms with Crippen molar-refractivity contribution in [3.63, 3.8) is 0 Å². The van der Waals surface area contributed by atoms with Gasteiger partial charge in [-0.2, -0.15) is 0 Å². The molecule has 1 nitrogen and oxygen atoms in total. The Bertz CT molecular complexity index is 505. The van der Waals surface area contributed by atoms with E-state index in [4.69, 9.17) is 0 Å². The zero-order valence-corrected chi connectivity index (χ0v) is 8.78. The van der Waals surface area contributed by atoms with Crippen LogP contribution < -0.4 is 0 Å². The lowest BCUT2D eigenvalue weighted by Gasteiger charge is -2.10. The van der Waals surface area contributed by atoms with Gasteiger partial charge in [-0.25, -0.2) is 0 Å². The monoisotopic (exact) mass is 185 g/mol. The van der Waals surface area contributed by atoms with E-state index >= 15 is 0 Å². The van der Waals surface area contributed by atoms with Crippen LogP contribution in [0.5, 0.6) is 0 Å². The Morgan fingerprint density at radius 3 is 2.71 bits per heavy atom. The molecule has 3 rings (SSSR count). The maximum absolute atomic E-state index is 3.39. The van der Waals surface area contributed by atoms with Crippen molar-refractivity contribution in [1.29, 1.82) is 0 Å². The molecule has 0 unspecified atom stereocenters. The molecule has 0 radical (unpaired) electrons. The Hall–Kier alpha value is -1.24. The fraction of sp³-hybridized carbons (Fsp3) is 0.385. The largest absolute Gasteiger partial charge is 0.361 e. The van der Waals surface area contributed by atoms with Crippen LogP contribution in [0.4, 0.5) is 0 Å². The second-order valence-corrected chi connectivity index (χ2v) is 4.33. The van der Waals surface area contributed by atoms with Crippen molar-refractivity contribution in [2.24, 2.45) is 0 Å². The Kier molecular flexibility index (Phi) is 1.52. The van der Waals surface area contributed by atoms with Gasteiger partial charge in [0, 0.05) is 17.1 Å². The molecule has 0 atom stereocenters. The predicted molar refractivity (Wildman–Crippen MR) is 59.8 cm³/mol. The number of aromatic nitrogens is 1. The molecule has 1 aromatic heterocycles. The van der Waals surface area contributed by atoms with Gasteiger partial charge in [0.25, 0.3) is 0 Å². The summed E-state index contributed by atoms with van der Waals surface area (Å²) < 4.78 is 0. The molecule has 0 fully saturated rings. The Morgan fingerprint density at radius 1 is 1.07 bits per heavy atom. The standard InChI is InChI=1S/C13H15N/c1-8-9(2)11-6-7-14-13(11)12-5-3-4-10(8)12/h6-7,14H,3-5H2,1-2H3. The van der Waals surface area contributed by atoms with Crippen LogP contribution in [0.1, 0.15) is 28.7 Å². The lowest BCUT2D eigenvalue weighted by molar-refractivity contribution is 0.909. The summed E-state index contributed by atoms with van der Waals surface area (Å²) in [5.74, 6) is 0. The van der Waals surface area contributed by atoms with E-state index in [0.29, 0.717) is 0 Å². The van der Waals surface area contributed by atoms with Gasteiger partial charge >= 0.3 is 0 Å². The molecule has 14 heavy (non-hydrogen) atoms. The highest BCUT2D eigenvalue weighted by atomic mass is 14.7. The molecule has 1 aliphatic rings. The van der Waals surface area contributed by atoms with E-state index in [1.165, 1.54) is 41.3 Å². The quantitative estimate of drug-likeness (QED) is 0.648. The van der Waals surface area contributed by atoms with Gasteiger partial charge < -0.3 is 4.98 Å². The molecular weight excluding hydrogens is 170 g/mol. The summed E-state index contributed by atoms with van der Waals surface area (Å²) in [5.41, 5.74) is 7.55. The van der Waals surface area contributed by atoms with Gasteiger partial charge in [0.1, 0.15) is 0 Å². The van der Waals surface area contributed by atoms with Crippen LogP contribution in [0.3, 0.4) is 0 Å². The smallest absolute Gasteiger partial charge is 0.0492 e. The second kappa shape index (κ2) is 2.63. The number of benzene rings is 1. The summed E-state index contributed by atoms with van der Waals surface area (Å²) in [4.78, 5) is 3.39. The van der Waals surface area contributed by atoms with Gasteiger partial charge in [-0.15, -0.1) is 0 Å². The third kappa shape index (κ3) is 0.848. The predicted octanol–water partition coefficient (Wildman–Crippen LogP) is 3.27. The van der Waals surface area contributed by atoms with Gasteiger partial charge in [-0.1, -0.05) is 0 Å². The van der Waals surface area contributed by atoms with Crippen LogP contribution in [-0.4, -0.2) is 4.98 Å². The van der Waals surface area contributed by atoms with Gasteiger partial charge in [-0.3, -0.25) is 0 Å². The highest BCUT2D eigenvalue weighted by Gasteiger charge is 2.19. The van der Waals surface area contributed by atoms with Crippen molar-refractivity contribution in [2.75, 3.05) is 0 Å². The van der Waals surface area contributed by atoms with Gasteiger partial charge in [-0.05, 0) is 61.4 Å². The first-order valence-electron chi connectivity index (χ1n) is 5.37. The van der Waals surface area contributed by atoms with Crippen molar-refractivity contribution >= 4 is 10.9 Å². The van der Waals surface area contributed by atoms with E-state index < -0.39 is 0 Å². The van der Waals surface area contributed by atoms with Gasteiger partial charge in [0.2, 0.25) is 0 Å². The Balaban J connectivity index is 2.52. The Labute approximate surface area is 84.1 Å². The molecule has 0 spiro atoms. The van der Waals surface area contributed by atoms with Crippen molar-refractivity contribution in [2.45, 2.75) is 33.1 Å². The molecule has 72 valence electrons. The zero-order valence-electron chi connectivity index (χ0n) is 8.78. The van der Waals surface area contributed by atoms with Crippen LogP contribution in [0, 0.1) is 13.8 Å². The Morgan fingerprint density at radius 2 is 1.86 bits per heavy atom. The normalized spacial score (nSPS) is 15.0. The van der Waals surface area contributed by atoms with E-state index in [1.807, 2.05) is 0 Å². The molecular formula is C13H15N. The minimum absolute atomic E-state index is 1.26. The fourth-order valence-corrected chi connectivity index (χ4v) is 2.79. The molecule has 1 N–H and O–H groups in total. The summed E-state index contributed by atoms with van der Waals surface area (Å²) in [6.45, 7) is 4.51. The molecule has 0 amide bonds. The summed E-state index contributed by atoms with van der Waals surface area (Å²) in [7, 11) is 0. The zero-order chi connectivity index (χ0) is 9.71. The molecule has 1 aliphatic carbocycles. The SMILES string of the molecule is Cc1c2c(c3[nH]ccc3c1C)CCC2. The topological polar surface area (TPSA) is 15.8 Å². The van der Waals surface area contributed by atoms with E-state index in [-0.39, 0.29) is 0 Å². The lowest BCUT2D eigenvalue weighted by atomic mass is 9.96. The van der Waals surface area contributed by atoms with Crippen LogP contribution in [-0.2, 0) is 12.8 Å². The number of aromatic amines is 1. The van der Waals surface area contributed by atoms with Crippen molar-refractivity contribution < 1.29 is 0 Å². The average molecular weight is 185 g/mol. The first-order valence-corrected chi connectivity index (χ1v) is 5.37. The van der Waals surface area contributed by atoms with Gasteiger partial charge in [0.15, 0.2) is 0 Å². The highest BCUT2D eigenvalue weighted by molar-refractivity contribution is 5.88. The first kappa shape index (κ1) is 8.10. The van der Waals surface area contributed by atoms with Crippen molar-refractivity contribution in [1.82, 2.24) is 4.98 Å². The average Bonchev–Trinajstić information content (AvgIpc) is 2.80. The first-order chi connectivity index (χ1) is 6.79. The summed E-state index contributed by atoms with van der Waals surface area (Å²) in [6.07, 6.45) is 5.92. The molecule has 1 heterocycles.